The predicted octanol–water partition coefficient (Wildman–Crippen LogP) is 3.32. The molecule has 1 amide bonds. The Morgan fingerprint density at radius 2 is 1.96 bits per heavy atom. The monoisotopic (exact) mass is 376 g/mol. The molecule has 0 aliphatic heterocycles. The number of aryl methyl sites for hydroxylation is 1. The van der Waals surface area contributed by atoms with E-state index in [4.69, 9.17) is 9.15 Å². The van der Waals surface area contributed by atoms with Crippen molar-refractivity contribution in [3.8, 4) is 17.2 Å². The number of carbonyl (C=O) groups is 1. The first-order chi connectivity index (χ1) is 13.6. The number of hydrogen-bond donors (Lipinski definition) is 1. The van der Waals surface area contributed by atoms with Crippen LogP contribution < -0.4 is 10.1 Å². The summed E-state index contributed by atoms with van der Waals surface area (Å²) in [7, 11) is 1.63. The van der Waals surface area contributed by atoms with E-state index in [2.05, 4.69) is 15.5 Å². The quantitative estimate of drug-likeness (QED) is 0.558. The zero-order valence-corrected chi connectivity index (χ0v) is 15.7. The number of nitrogens with zero attached hydrogens (tertiary/aromatic N) is 3. The molecular weight excluding hydrogens is 356 g/mol. The van der Waals surface area contributed by atoms with Crippen LogP contribution in [0.2, 0.25) is 0 Å². The van der Waals surface area contributed by atoms with Gasteiger partial charge in [0.25, 0.3) is 0 Å². The summed E-state index contributed by atoms with van der Waals surface area (Å²) in [4.78, 5) is 12.4. The van der Waals surface area contributed by atoms with Crippen LogP contribution >= 0.6 is 0 Å². The smallest absolute Gasteiger partial charge is 0.247 e. The lowest BCUT2D eigenvalue weighted by atomic mass is 10.1. The van der Waals surface area contributed by atoms with Gasteiger partial charge in [-0.1, -0.05) is 18.2 Å². The summed E-state index contributed by atoms with van der Waals surface area (Å²) in [6, 6.07) is 15.5. The molecule has 0 radical (unpaired) electrons. The molecule has 0 unspecified atom stereocenters. The van der Waals surface area contributed by atoms with Crippen molar-refractivity contribution in [3.63, 3.8) is 0 Å². The maximum absolute atomic E-state index is 12.4. The zero-order valence-electron chi connectivity index (χ0n) is 15.7. The molecule has 0 fully saturated rings. The van der Waals surface area contributed by atoms with Gasteiger partial charge in [-0.05, 0) is 41.3 Å². The Hall–Kier alpha value is -3.61. The van der Waals surface area contributed by atoms with Gasteiger partial charge in [0.15, 0.2) is 0 Å². The standard InChI is InChI=1S/C21H20N4O3/c1-14-23-24-21(28-14)17-6-5-16-9-10-25(19(16)11-17)13-20(26)22-12-15-3-7-18(27-2)8-4-15/h3-11H,12-13H2,1-2H3,(H,22,26). The van der Waals surface area contributed by atoms with Crippen LogP contribution in [0.15, 0.2) is 59.1 Å². The van der Waals surface area contributed by atoms with Gasteiger partial charge in [-0.15, -0.1) is 10.2 Å². The van der Waals surface area contributed by atoms with Crippen molar-refractivity contribution < 1.29 is 13.9 Å². The molecule has 0 aliphatic carbocycles. The lowest BCUT2D eigenvalue weighted by molar-refractivity contribution is -0.121. The number of rotatable bonds is 6. The molecule has 28 heavy (non-hydrogen) atoms. The number of methoxy groups -OCH3 is 1. The van der Waals surface area contributed by atoms with Crippen LogP contribution in [0.25, 0.3) is 22.4 Å². The molecule has 0 saturated carbocycles. The minimum Gasteiger partial charge on any atom is -0.497 e. The number of nitrogens with one attached hydrogen (secondary N) is 1. The van der Waals surface area contributed by atoms with Gasteiger partial charge in [0, 0.05) is 30.7 Å². The van der Waals surface area contributed by atoms with Gasteiger partial charge in [0.05, 0.1) is 7.11 Å². The van der Waals surface area contributed by atoms with Crippen molar-refractivity contribution in [2.75, 3.05) is 7.11 Å². The average Bonchev–Trinajstić information content (AvgIpc) is 3.33. The molecule has 4 rings (SSSR count). The van der Waals surface area contributed by atoms with Crippen LogP contribution in [0.5, 0.6) is 5.75 Å². The Bertz CT molecular complexity index is 1110. The minimum absolute atomic E-state index is 0.0626. The molecular formula is C21H20N4O3. The van der Waals surface area contributed by atoms with E-state index in [1.165, 1.54) is 0 Å². The van der Waals surface area contributed by atoms with Gasteiger partial charge in [-0.3, -0.25) is 4.79 Å². The fourth-order valence-corrected chi connectivity index (χ4v) is 3.02. The molecule has 7 heteroatoms. The number of hydrogen-bond acceptors (Lipinski definition) is 5. The topological polar surface area (TPSA) is 82.2 Å². The number of fused-ring (bicyclic) bond motifs is 1. The Morgan fingerprint density at radius 1 is 1.14 bits per heavy atom. The SMILES string of the molecule is COc1ccc(CNC(=O)Cn2ccc3ccc(-c4nnc(C)o4)cc32)cc1. The number of amides is 1. The zero-order chi connectivity index (χ0) is 19.5. The van der Waals surface area contributed by atoms with Crippen molar-refractivity contribution in [1.82, 2.24) is 20.1 Å². The van der Waals surface area contributed by atoms with Crippen molar-refractivity contribution in [2.45, 2.75) is 20.0 Å². The number of aromatic nitrogens is 3. The Labute approximate surface area is 161 Å². The van der Waals surface area contributed by atoms with Gasteiger partial charge in [-0.25, -0.2) is 0 Å². The van der Waals surface area contributed by atoms with E-state index in [0.717, 1.165) is 27.8 Å². The molecule has 0 atom stereocenters. The summed E-state index contributed by atoms with van der Waals surface area (Å²) in [5, 5.41) is 11.9. The molecule has 2 aromatic carbocycles. The lowest BCUT2D eigenvalue weighted by Gasteiger charge is -2.08. The molecule has 1 N–H and O–H groups in total. The Morgan fingerprint density at radius 3 is 2.68 bits per heavy atom. The second kappa shape index (κ2) is 7.56. The summed E-state index contributed by atoms with van der Waals surface area (Å²) >= 11 is 0. The minimum atomic E-state index is -0.0626. The molecule has 4 aromatic rings. The fourth-order valence-electron chi connectivity index (χ4n) is 3.02. The first-order valence-corrected chi connectivity index (χ1v) is 8.91. The predicted molar refractivity (Wildman–Crippen MR) is 105 cm³/mol. The van der Waals surface area contributed by atoms with Crippen molar-refractivity contribution in [1.29, 1.82) is 0 Å². The van der Waals surface area contributed by atoms with Crippen LogP contribution in [0.3, 0.4) is 0 Å². The Balaban J connectivity index is 1.46. The van der Waals surface area contributed by atoms with Crippen LogP contribution in [0.4, 0.5) is 0 Å². The van der Waals surface area contributed by atoms with E-state index in [9.17, 15) is 4.79 Å². The van der Waals surface area contributed by atoms with E-state index in [1.807, 2.05) is 59.3 Å². The van der Waals surface area contributed by atoms with Crippen LogP contribution in [-0.4, -0.2) is 27.8 Å². The summed E-state index contributed by atoms with van der Waals surface area (Å²) in [6.07, 6.45) is 1.90. The van der Waals surface area contributed by atoms with Gasteiger partial charge in [0.2, 0.25) is 17.7 Å². The first kappa shape index (κ1) is 17.8. The third kappa shape index (κ3) is 3.73. The third-order valence-corrected chi connectivity index (χ3v) is 4.51. The number of benzene rings is 2. The van der Waals surface area contributed by atoms with Crippen LogP contribution in [-0.2, 0) is 17.9 Å². The summed E-state index contributed by atoms with van der Waals surface area (Å²) < 4.78 is 12.6. The van der Waals surface area contributed by atoms with Gasteiger partial charge < -0.3 is 19.0 Å². The summed E-state index contributed by atoms with van der Waals surface area (Å²) in [5.74, 6) is 1.72. The summed E-state index contributed by atoms with van der Waals surface area (Å²) in [5.41, 5.74) is 2.78. The first-order valence-electron chi connectivity index (χ1n) is 8.91. The van der Waals surface area contributed by atoms with Crippen molar-refractivity contribution in [3.05, 3.63) is 66.2 Å². The van der Waals surface area contributed by atoms with Gasteiger partial charge in [0.1, 0.15) is 12.3 Å². The molecule has 0 saturated heterocycles. The maximum Gasteiger partial charge on any atom is 0.247 e. The lowest BCUT2D eigenvalue weighted by Crippen LogP contribution is -2.26. The van der Waals surface area contributed by atoms with Crippen LogP contribution in [0, 0.1) is 6.92 Å². The molecule has 0 spiro atoms. The number of ether oxygens (including phenoxy) is 1. The summed E-state index contributed by atoms with van der Waals surface area (Å²) in [6.45, 7) is 2.45. The average molecular weight is 376 g/mol. The maximum atomic E-state index is 12.4. The molecule has 7 nitrogen and oxygen atoms in total. The molecule has 0 aliphatic rings. The van der Waals surface area contributed by atoms with E-state index >= 15 is 0 Å². The number of carbonyl (C=O) groups excluding carboxylic acids is 1. The van der Waals surface area contributed by atoms with Crippen molar-refractivity contribution >= 4 is 16.8 Å². The normalized spacial score (nSPS) is 10.9. The largest absolute Gasteiger partial charge is 0.497 e. The highest BCUT2D eigenvalue weighted by molar-refractivity contribution is 5.86. The van der Waals surface area contributed by atoms with E-state index in [0.29, 0.717) is 18.3 Å². The highest BCUT2D eigenvalue weighted by atomic mass is 16.5. The third-order valence-electron chi connectivity index (χ3n) is 4.51. The second-order valence-electron chi connectivity index (χ2n) is 6.47. The molecule has 0 bridgehead atoms. The highest BCUT2D eigenvalue weighted by Crippen LogP contribution is 2.24. The van der Waals surface area contributed by atoms with E-state index in [1.54, 1.807) is 14.0 Å². The fraction of sp³-hybridized carbons (Fsp3) is 0.190. The molecule has 2 aromatic heterocycles. The molecule has 2 heterocycles. The van der Waals surface area contributed by atoms with Gasteiger partial charge >= 0.3 is 0 Å². The Kier molecular flexibility index (Phi) is 4.80. The van der Waals surface area contributed by atoms with Gasteiger partial charge in [-0.2, -0.15) is 0 Å². The van der Waals surface area contributed by atoms with E-state index < -0.39 is 0 Å². The van der Waals surface area contributed by atoms with Crippen molar-refractivity contribution in [2.24, 2.45) is 0 Å². The molecule has 142 valence electrons. The van der Waals surface area contributed by atoms with Crippen LogP contribution in [0.1, 0.15) is 11.5 Å². The second-order valence-corrected chi connectivity index (χ2v) is 6.47. The van der Waals surface area contributed by atoms with E-state index in [-0.39, 0.29) is 12.5 Å². The highest BCUT2D eigenvalue weighted by Gasteiger charge is 2.11.